The zero-order valence-corrected chi connectivity index (χ0v) is 20.7. The summed E-state index contributed by atoms with van der Waals surface area (Å²) in [6.07, 6.45) is -2.07. The maximum atomic E-state index is 14.1. The lowest BCUT2D eigenvalue weighted by Crippen LogP contribution is -2.21. The lowest BCUT2D eigenvalue weighted by Gasteiger charge is -2.19. The van der Waals surface area contributed by atoms with Gasteiger partial charge in [0.05, 0.1) is 17.9 Å². The van der Waals surface area contributed by atoms with E-state index in [1.165, 1.54) is 30.7 Å². The standard InChI is InChI=1S/C27H15ClF5N5O2/c28-21-2-1-16(29)8-19(21)24-23-20(26(40)37-24)3-13(10-38-11-18(9-34)35-12-38)4-22(23)36-25(39)14-5-15(27(31,32)33)7-17(30)6-14/h1-8,11-12,24H,10H2,(H,36,39)(H,37,40). The molecule has 0 spiro atoms. The molecule has 0 fully saturated rings. The van der Waals surface area contributed by atoms with Crippen LogP contribution in [0.25, 0.3) is 0 Å². The summed E-state index contributed by atoms with van der Waals surface area (Å²) in [6, 6.07) is 8.78. The third-order valence-corrected chi connectivity index (χ3v) is 6.51. The van der Waals surface area contributed by atoms with Crippen molar-refractivity contribution in [1.82, 2.24) is 14.9 Å². The molecule has 1 aromatic heterocycles. The Balaban J connectivity index is 1.62. The molecule has 2 heterocycles. The second-order valence-corrected chi connectivity index (χ2v) is 9.31. The molecule has 2 N–H and O–H groups in total. The van der Waals surface area contributed by atoms with E-state index in [0.717, 1.165) is 12.1 Å². The number of alkyl halides is 3. The van der Waals surface area contributed by atoms with E-state index in [-0.39, 0.29) is 45.7 Å². The average Bonchev–Trinajstić information content (AvgIpc) is 3.48. The number of rotatable bonds is 5. The summed E-state index contributed by atoms with van der Waals surface area (Å²) in [4.78, 5) is 30.0. The molecule has 3 aromatic carbocycles. The van der Waals surface area contributed by atoms with Crippen molar-refractivity contribution in [3.05, 3.63) is 117 Å². The SMILES string of the molecule is N#Cc1cn(Cc2cc(NC(=O)c3cc(F)cc(C(F)(F)F)c3)c3c(c2)C(=O)NC3c2cc(F)ccc2Cl)cn1. The van der Waals surface area contributed by atoms with Crippen LogP contribution < -0.4 is 10.6 Å². The smallest absolute Gasteiger partial charge is 0.341 e. The van der Waals surface area contributed by atoms with Gasteiger partial charge in [0.1, 0.15) is 17.7 Å². The monoisotopic (exact) mass is 571 g/mol. The quantitative estimate of drug-likeness (QED) is 0.294. The average molecular weight is 572 g/mol. The van der Waals surface area contributed by atoms with Crippen LogP contribution in [0, 0.1) is 23.0 Å². The third-order valence-electron chi connectivity index (χ3n) is 6.17. The molecule has 0 saturated carbocycles. The van der Waals surface area contributed by atoms with Crippen molar-refractivity contribution in [1.29, 1.82) is 5.26 Å². The fourth-order valence-electron chi connectivity index (χ4n) is 4.45. The molecular weight excluding hydrogens is 557 g/mol. The first-order valence-electron chi connectivity index (χ1n) is 11.5. The summed E-state index contributed by atoms with van der Waals surface area (Å²) in [7, 11) is 0. The minimum absolute atomic E-state index is 0.000352. The van der Waals surface area contributed by atoms with Crippen LogP contribution in [0.4, 0.5) is 27.6 Å². The van der Waals surface area contributed by atoms with E-state index in [4.69, 9.17) is 16.9 Å². The van der Waals surface area contributed by atoms with Gasteiger partial charge in [-0.2, -0.15) is 18.4 Å². The number of hydrogen-bond acceptors (Lipinski definition) is 4. The van der Waals surface area contributed by atoms with Crippen molar-refractivity contribution in [2.75, 3.05) is 5.32 Å². The van der Waals surface area contributed by atoms with Gasteiger partial charge in [-0.1, -0.05) is 11.6 Å². The van der Waals surface area contributed by atoms with Crippen LogP contribution in [0.2, 0.25) is 5.02 Å². The highest BCUT2D eigenvalue weighted by molar-refractivity contribution is 6.31. The first kappa shape index (κ1) is 26.8. The highest BCUT2D eigenvalue weighted by atomic mass is 35.5. The van der Waals surface area contributed by atoms with Crippen LogP contribution in [-0.4, -0.2) is 21.4 Å². The van der Waals surface area contributed by atoms with Gasteiger partial charge in [-0.05, 0) is 54.1 Å². The number of amides is 2. The lowest BCUT2D eigenvalue weighted by molar-refractivity contribution is -0.137. The van der Waals surface area contributed by atoms with Crippen LogP contribution in [0.3, 0.4) is 0 Å². The Labute approximate surface area is 227 Å². The van der Waals surface area contributed by atoms with E-state index in [1.54, 1.807) is 4.57 Å². The molecule has 7 nitrogen and oxygen atoms in total. The van der Waals surface area contributed by atoms with E-state index in [0.29, 0.717) is 17.7 Å². The van der Waals surface area contributed by atoms with Crippen LogP contribution in [0.1, 0.15) is 54.7 Å². The number of fused-ring (bicyclic) bond motifs is 1. The number of imidazole rings is 1. The van der Waals surface area contributed by atoms with E-state index in [9.17, 15) is 31.5 Å². The van der Waals surface area contributed by atoms with Crippen molar-refractivity contribution >= 4 is 29.1 Å². The fourth-order valence-corrected chi connectivity index (χ4v) is 4.68. The zero-order valence-electron chi connectivity index (χ0n) is 20.0. The lowest BCUT2D eigenvalue weighted by atomic mass is 9.94. The van der Waals surface area contributed by atoms with Crippen molar-refractivity contribution in [3.63, 3.8) is 0 Å². The summed E-state index contributed by atoms with van der Waals surface area (Å²) in [5.41, 5.74) is -0.926. The number of nitriles is 1. The molecule has 0 aliphatic carbocycles. The molecule has 0 radical (unpaired) electrons. The Morgan fingerprint density at radius 3 is 2.60 bits per heavy atom. The number of hydrogen-bond donors (Lipinski definition) is 2. The van der Waals surface area contributed by atoms with E-state index in [1.807, 2.05) is 6.07 Å². The number of carbonyl (C=O) groups is 2. The van der Waals surface area contributed by atoms with Crippen LogP contribution >= 0.6 is 11.6 Å². The fraction of sp³-hybridized carbons (Fsp3) is 0.111. The predicted molar refractivity (Wildman–Crippen MR) is 133 cm³/mol. The summed E-state index contributed by atoms with van der Waals surface area (Å²) in [5.74, 6) is -3.57. The number of carbonyl (C=O) groups excluding carboxylic acids is 2. The molecule has 1 atom stereocenters. The maximum absolute atomic E-state index is 14.1. The Hall–Kier alpha value is -4.76. The number of benzene rings is 3. The second-order valence-electron chi connectivity index (χ2n) is 8.90. The molecule has 2 amide bonds. The molecular formula is C27H15ClF5N5O2. The van der Waals surface area contributed by atoms with Gasteiger partial charge in [-0.3, -0.25) is 9.59 Å². The van der Waals surface area contributed by atoms with Crippen LogP contribution in [0.5, 0.6) is 0 Å². The van der Waals surface area contributed by atoms with Gasteiger partial charge < -0.3 is 15.2 Å². The normalized spacial score (nSPS) is 14.4. The number of halogens is 6. The molecule has 5 rings (SSSR count). The molecule has 202 valence electrons. The highest BCUT2D eigenvalue weighted by Gasteiger charge is 2.36. The maximum Gasteiger partial charge on any atom is 0.416 e. The summed E-state index contributed by atoms with van der Waals surface area (Å²) in [6.45, 7) is 0.0989. The summed E-state index contributed by atoms with van der Waals surface area (Å²) < 4.78 is 69.4. The molecule has 1 aliphatic heterocycles. The zero-order chi connectivity index (χ0) is 28.8. The van der Waals surface area contributed by atoms with Gasteiger partial charge in [0, 0.05) is 45.7 Å². The molecule has 1 unspecified atom stereocenters. The van der Waals surface area contributed by atoms with Gasteiger partial charge in [0.25, 0.3) is 11.8 Å². The van der Waals surface area contributed by atoms with Crippen molar-refractivity contribution < 1.29 is 31.5 Å². The Morgan fingerprint density at radius 2 is 1.90 bits per heavy atom. The topological polar surface area (TPSA) is 99.8 Å². The number of nitrogens with zero attached hydrogens (tertiary/aromatic N) is 3. The van der Waals surface area contributed by atoms with E-state index in [2.05, 4.69) is 15.6 Å². The van der Waals surface area contributed by atoms with E-state index < -0.39 is 46.8 Å². The summed E-state index contributed by atoms with van der Waals surface area (Å²) in [5, 5.41) is 14.3. The molecule has 1 aliphatic rings. The predicted octanol–water partition coefficient (Wildman–Crippen LogP) is 5.84. The molecule has 40 heavy (non-hydrogen) atoms. The van der Waals surface area contributed by atoms with Gasteiger partial charge in [-0.15, -0.1) is 0 Å². The van der Waals surface area contributed by atoms with Gasteiger partial charge in [0.15, 0.2) is 5.69 Å². The number of anilines is 1. The van der Waals surface area contributed by atoms with Gasteiger partial charge in [0.2, 0.25) is 0 Å². The Morgan fingerprint density at radius 1 is 1.12 bits per heavy atom. The van der Waals surface area contributed by atoms with Crippen molar-refractivity contribution in [2.24, 2.45) is 0 Å². The Kier molecular flexibility index (Phi) is 6.77. The summed E-state index contributed by atoms with van der Waals surface area (Å²) >= 11 is 6.29. The minimum Gasteiger partial charge on any atom is -0.341 e. The van der Waals surface area contributed by atoms with Crippen molar-refractivity contribution in [2.45, 2.75) is 18.8 Å². The Bertz CT molecular complexity index is 1730. The molecule has 13 heteroatoms. The third kappa shape index (κ3) is 5.23. The minimum atomic E-state index is -4.90. The number of nitrogens with one attached hydrogen (secondary N) is 2. The van der Waals surface area contributed by atoms with E-state index >= 15 is 0 Å². The van der Waals surface area contributed by atoms with Crippen LogP contribution in [-0.2, 0) is 12.7 Å². The van der Waals surface area contributed by atoms with Crippen LogP contribution in [0.15, 0.2) is 61.1 Å². The first-order chi connectivity index (χ1) is 18.9. The molecule has 0 bridgehead atoms. The van der Waals surface area contributed by atoms with Crippen molar-refractivity contribution in [3.8, 4) is 6.07 Å². The highest BCUT2D eigenvalue weighted by Crippen LogP contribution is 2.40. The number of aromatic nitrogens is 2. The first-order valence-corrected chi connectivity index (χ1v) is 11.8. The van der Waals surface area contributed by atoms with Gasteiger partial charge >= 0.3 is 6.18 Å². The molecule has 4 aromatic rings. The second kappa shape index (κ2) is 10.1. The van der Waals surface area contributed by atoms with Gasteiger partial charge in [-0.25, -0.2) is 13.8 Å². The molecule has 0 saturated heterocycles. The largest absolute Gasteiger partial charge is 0.416 e.